The van der Waals surface area contributed by atoms with E-state index in [0.29, 0.717) is 13.2 Å². The van der Waals surface area contributed by atoms with E-state index >= 15 is 0 Å². The number of ether oxygens (including phenoxy) is 1. The zero-order valence-electron chi connectivity index (χ0n) is 17.8. The van der Waals surface area contributed by atoms with Gasteiger partial charge >= 0.3 is 6.03 Å². The number of urea groups is 1. The van der Waals surface area contributed by atoms with Crippen LogP contribution in [0.3, 0.4) is 0 Å². The van der Waals surface area contributed by atoms with E-state index in [1.807, 2.05) is 0 Å². The molecule has 2 N–H and O–H groups in total. The normalized spacial score (nSPS) is 21.8. The Morgan fingerprint density at radius 1 is 1.06 bits per heavy atom. The van der Waals surface area contributed by atoms with Gasteiger partial charge < -0.3 is 10.1 Å². The van der Waals surface area contributed by atoms with Crippen LogP contribution in [0.1, 0.15) is 41.8 Å². The molecular weight excluding hydrogens is 432 g/mol. The van der Waals surface area contributed by atoms with Crippen LogP contribution in [0.2, 0.25) is 0 Å². The average molecular weight is 459 g/mol. The Balaban J connectivity index is 1.21. The van der Waals surface area contributed by atoms with Gasteiger partial charge in [-0.3, -0.25) is 9.88 Å². The molecule has 0 saturated carbocycles. The predicted octanol–water partition coefficient (Wildman–Crippen LogP) is 1.23. The fourth-order valence-corrected chi connectivity index (χ4v) is 6.21. The third-order valence-electron chi connectivity index (χ3n) is 6.97. The van der Waals surface area contributed by atoms with Crippen molar-refractivity contribution in [3.05, 3.63) is 28.7 Å². The van der Waals surface area contributed by atoms with E-state index in [9.17, 15) is 13.2 Å². The van der Waals surface area contributed by atoms with E-state index in [1.165, 1.54) is 12.6 Å². The van der Waals surface area contributed by atoms with Gasteiger partial charge in [0.05, 0.1) is 24.5 Å². The Kier molecular flexibility index (Phi) is 4.65. The van der Waals surface area contributed by atoms with E-state index in [1.54, 1.807) is 4.68 Å². The van der Waals surface area contributed by atoms with Gasteiger partial charge in [-0.1, -0.05) is 0 Å². The van der Waals surface area contributed by atoms with Crippen molar-refractivity contribution in [3.8, 4) is 5.88 Å². The molecule has 0 aromatic carbocycles. The molecule has 0 spiro atoms. The fraction of sp³-hybridized carbons (Fsp3) is 0.571. The van der Waals surface area contributed by atoms with Crippen molar-refractivity contribution in [1.29, 1.82) is 0 Å². The van der Waals surface area contributed by atoms with Crippen molar-refractivity contribution in [2.45, 2.75) is 62.4 Å². The number of carbonyl (C=O) groups excluding carboxylic acids is 1. The van der Waals surface area contributed by atoms with Gasteiger partial charge in [0, 0.05) is 11.4 Å². The fourth-order valence-electron chi connectivity index (χ4n) is 5.22. The molecule has 2 aliphatic carbocycles. The molecule has 6 rings (SSSR count). The van der Waals surface area contributed by atoms with Gasteiger partial charge in [-0.15, -0.1) is 0 Å². The number of nitrogens with zero attached hydrogens (tertiary/aromatic N) is 4. The van der Waals surface area contributed by atoms with Crippen LogP contribution in [0.15, 0.2) is 11.1 Å². The lowest BCUT2D eigenvalue weighted by molar-refractivity contribution is 0.0417. The molecule has 2 aromatic heterocycles. The molecule has 1 fully saturated rings. The number of hydrogen-bond acceptors (Lipinski definition) is 7. The minimum atomic E-state index is -4.13. The van der Waals surface area contributed by atoms with Crippen molar-refractivity contribution in [1.82, 2.24) is 24.4 Å². The zero-order valence-corrected chi connectivity index (χ0v) is 18.6. The first-order valence-electron chi connectivity index (χ1n) is 11.3. The van der Waals surface area contributed by atoms with Crippen LogP contribution in [0.25, 0.3) is 0 Å². The van der Waals surface area contributed by atoms with Crippen LogP contribution < -0.4 is 14.8 Å². The molecule has 1 atom stereocenters. The molecule has 0 radical (unpaired) electrons. The highest BCUT2D eigenvalue weighted by Gasteiger charge is 2.35. The minimum Gasteiger partial charge on any atom is -0.475 e. The van der Waals surface area contributed by atoms with Crippen molar-refractivity contribution < 1.29 is 17.9 Å². The molecule has 1 unspecified atom stereocenters. The molecule has 1 saturated heterocycles. The summed E-state index contributed by atoms with van der Waals surface area (Å²) in [5, 5.41) is 7.04. The van der Waals surface area contributed by atoms with E-state index in [-0.39, 0.29) is 16.8 Å². The highest BCUT2D eigenvalue weighted by Crippen LogP contribution is 2.36. The lowest BCUT2D eigenvalue weighted by atomic mass is 10.1. The van der Waals surface area contributed by atoms with E-state index in [4.69, 9.17) is 9.72 Å². The first-order chi connectivity index (χ1) is 15.5. The molecule has 2 amide bonds. The van der Waals surface area contributed by atoms with Crippen LogP contribution in [0.5, 0.6) is 5.88 Å². The third-order valence-corrected chi connectivity index (χ3v) is 8.28. The summed E-state index contributed by atoms with van der Waals surface area (Å²) < 4.78 is 35.5. The second kappa shape index (κ2) is 7.45. The summed E-state index contributed by atoms with van der Waals surface area (Å²) in [5.41, 5.74) is 4.89. The molecule has 32 heavy (non-hydrogen) atoms. The van der Waals surface area contributed by atoms with Crippen molar-refractivity contribution in [2.75, 3.05) is 25.0 Å². The quantitative estimate of drug-likeness (QED) is 0.707. The highest BCUT2D eigenvalue weighted by atomic mass is 32.2. The lowest BCUT2D eigenvalue weighted by Gasteiger charge is -2.40. The lowest BCUT2D eigenvalue weighted by Crippen LogP contribution is -2.51. The standard InChI is InChI=1S/C21H26N6O4S/c28-21(24-19-14-4-1-6-16(14)23-17-7-2-5-15(17)19)25-32(29,30)18-10-22-27-11-13(12-31-20(18)27)26-8-3-9-26/h10,13H,1-9,11-12H2,(H2,23,24,25,28). The van der Waals surface area contributed by atoms with E-state index in [2.05, 4.69) is 20.0 Å². The zero-order chi connectivity index (χ0) is 21.9. The van der Waals surface area contributed by atoms with Crippen molar-refractivity contribution >= 4 is 21.7 Å². The van der Waals surface area contributed by atoms with Gasteiger partial charge in [-0.25, -0.2) is 22.6 Å². The van der Waals surface area contributed by atoms with Gasteiger partial charge in [-0.05, 0) is 69.2 Å². The number of rotatable bonds is 4. The van der Waals surface area contributed by atoms with Crippen molar-refractivity contribution in [2.24, 2.45) is 0 Å². The number of fused-ring (bicyclic) bond motifs is 3. The largest absolute Gasteiger partial charge is 0.475 e. The smallest absolute Gasteiger partial charge is 0.333 e. The van der Waals surface area contributed by atoms with Gasteiger partial charge in [-0.2, -0.15) is 5.10 Å². The van der Waals surface area contributed by atoms with Crippen LogP contribution in [0, 0.1) is 0 Å². The topological polar surface area (TPSA) is 118 Å². The number of hydrogen-bond donors (Lipinski definition) is 2. The maximum Gasteiger partial charge on any atom is 0.333 e. The van der Waals surface area contributed by atoms with Crippen LogP contribution >= 0.6 is 0 Å². The Morgan fingerprint density at radius 3 is 2.44 bits per heavy atom. The van der Waals surface area contributed by atoms with E-state index in [0.717, 1.165) is 79.8 Å². The number of anilines is 1. The monoisotopic (exact) mass is 458 g/mol. The molecule has 0 bridgehead atoms. The van der Waals surface area contributed by atoms with E-state index < -0.39 is 16.1 Å². The summed E-state index contributed by atoms with van der Waals surface area (Å²) in [6, 6.07) is -0.576. The number of sulfonamides is 1. The first-order valence-corrected chi connectivity index (χ1v) is 12.8. The molecule has 2 aliphatic heterocycles. The molecule has 4 heterocycles. The summed E-state index contributed by atoms with van der Waals surface area (Å²) in [5.74, 6) is 0.188. The van der Waals surface area contributed by atoms with Crippen LogP contribution in [-0.2, 0) is 42.3 Å². The average Bonchev–Trinajstić information content (AvgIpc) is 3.44. The third kappa shape index (κ3) is 3.25. The van der Waals surface area contributed by atoms with Gasteiger partial charge in [0.2, 0.25) is 5.88 Å². The van der Waals surface area contributed by atoms with Gasteiger partial charge in [0.15, 0.2) is 4.90 Å². The number of amides is 2. The second-order valence-electron chi connectivity index (χ2n) is 8.95. The van der Waals surface area contributed by atoms with Gasteiger partial charge in [0.1, 0.15) is 6.61 Å². The predicted molar refractivity (Wildman–Crippen MR) is 115 cm³/mol. The summed E-state index contributed by atoms with van der Waals surface area (Å²) in [4.78, 5) is 19.7. The molecule has 2 aromatic rings. The number of pyridine rings is 1. The molecule has 10 nitrogen and oxygen atoms in total. The summed E-state index contributed by atoms with van der Waals surface area (Å²) >= 11 is 0. The van der Waals surface area contributed by atoms with Crippen molar-refractivity contribution in [3.63, 3.8) is 0 Å². The maximum absolute atomic E-state index is 13.0. The second-order valence-corrected chi connectivity index (χ2v) is 10.6. The molecule has 170 valence electrons. The number of aryl methyl sites for hydroxylation is 2. The Labute approximate surface area is 186 Å². The maximum atomic E-state index is 13.0. The molecule has 4 aliphatic rings. The number of carbonyl (C=O) groups is 1. The minimum absolute atomic E-state index is 0.111. The SMILES string of the molecule is O=C(Nc1c2c(nc3c1CCC3)CCC2)NS(=O)(=O)c1cnn2c1OCC(N1CCC1)C2. The summed E-state index contributed by atoms with van der Waals surface area (Å²) in [6.07, 6.45) is 7.92. The Bertz CT molecular complexity index is 1170. The number of nitrogens with one attached hydrogen (secondary N) is 2. The highest BCUT2D eigenvalue weighted by molar-refractivity contribution is 7.90. The molecule has 11 heteroatoms. The summed E-state index contributed by atoms with van der Waals surface area (Å²) in [6.45, 7) is 3.04. The summed E-state index contributed by atoms with van der Waals surface area (Å²) in [7, 11) is -4.13. The van der Waals surface area contributed by atoms with Crippen LogP contribution in [0.4, 0.5) is 10.5 Å². The van der Waals surface area contributed by atoms with Crippen LogP contribution in [-0.4, -0.2) is 59.9 Å². The Morgan fingerprint density at radius 2 is 1.78 bits per heavy atom. The first kappa shape index (κ1) is 20.0. The van der Waals surface area contributed by atoms with Gasteiger partial charge in [0.25, 0.3) is 10.0 Å². The number of likely N-dealkylation sites (tertiary alicyclic amines) is 1. The molecular formula is C21H26N6O4S. The number of aromatic nitrogens is 3. The Hall–Kier alpha value is -2.66.